The van der Waals surface area contributed by atoms with Gasteiger partial charge in [0, 0.05) is 30.9 Å². The van der Waals surface area contributed by atoms with Gasteiger partial charge in [-0.2, -0.15) is 5.26 Å². The Kier molecular flexibility index (Phi) is 6.34. The largest absolute Gasteiger partial charge is 0.462 e. The number of Topliss-reactive ketones (excluding diaryl/α,β-unsaturated/α-hetero) is 1. The second kappa shape index (κ2) is 8.93. The van der Waals surface area contributed by atoms with Crippen LogP contribution in [0.25, 0.3) is 11.1 Å². The third-order valence-corrected chi connectivity index (χ3v) is 5.00. The third kappa shape index (κ3) is 4.27. The molecule has 2 aromatic heterocycles. The van der Waals surface area contributed by atoms with Crippen LogP contribution in [-0.4, -0.2) is 27.9 Å². The quantitative estimate of drug-likeness (QED) is 0.324. The first-order valence-corrected chi connectivity index (χ1v) is 9.76. The van der Waals surface area contributed by atoms with Crippen molar-refractivity contribution in [1.82, 2.24) is 9.55 Å². The van der Waals surface area contributed by atoms with Crippen LogP contribution in [-0.2, 0) is 11.3 Å². The van der Waals surface area contributed by atoms with E-state index in [-0.39, 0.29) is 23.1 Å². The molecule has 0 spiro atoms. The lowest BCUT2D eigenvalue weighted by Gasteiger charge is -2.12. The second-order valence-corrected chi connectivity index (χ2v) is 7.14. The van der Waals surface area contributed by atoms with Gasteiger partial charge in [0.1, 0.15) is 5.15 Å². The maximum atomic E-state index is 12.5. The van der Waals surface area contributed by atoms with Crippen molar-refractivity contribution in [3.63, 3.8) is 0 Å². The van der Waals surface area contributed by atoms with E-state index in [9.17, 15) is 9.59 Å². The first-order chi connectivity index (χ1) is 14.3. The van der Waals surface area contributed by atoms with Gasteiger partial charge in [-0.3, -0.25) is 4.79 Å². The van der Waals surface area contributed by atoms with Crippen LogP contribution in [0.15, 0.2) is 42.6 Å². The summed E-state index contributed by atoms with van der Waals surface area (Å²) >= 11 is 6.06. The van der Waals surface area contributed by atoms with Gasteiger partial charge in [-0.15, -0.1) is 0 Å². The van der Waals surface area contributed by atoms with E-state index >= 15 is 0 Å². The second-order valence-electron chi connectivity index (χ2n) is 6.78. The lowest BCUT2D eigenvalue weighted by Crippen LogP contribution is -2.12. The summed E-state index contributed by atoms with van der Waals surface area (Å²) in [5.41, 5.74) is 4.53. The number of aromatic nitrogens is 2. The zero-order chi connectivity index (χ0) is 21.8. The first-order valence-electron chi connectivity index (χ1n) is 9.38. The Bertz CT molecular complexity index is 1160. The predicted octanol–water partition coefficient (Wildman–Crippen LogP) is 4.81. The highest BCUT2D eigenvalue weighted by Crippen LogP contribution is 2.29. The van der Waals surface area contributed by atoms with Crippen molar-refractivity contribution in [2.75, 3.05) is 6.61 Å². The number of ketones is 1. The Morgan fingerprint density at radius 2 is 1.93 bits per heavy atom. The summed E-state index contributed by atoms with van der Waals surface area (Å²) in [5, 5.41) is 9.09. The molecule has 3 rings (SSSR count). The third-order valence-electron chi connectivity index (χ3n) is 4.69. The van der Waals surface area contributed by atoms with Crippen molar-refractivity contribution in [1.29, 1.82) is 5.26 Å². The molecule has 0 aliphatic carbocycles. The Hall–Kier alpha value is -3.43. The number of aryl methyl sites for hydroxylation is 1. The average Bonchev–Trinajstić information content (AvgIpc) is 3.06. The molecule has 152 valence electrons. The lowest BCUT2D eigenvalue weighted by molar-refractivity contribution is 0.0525. The topological polar surface area (TPSA) is 85.0 Å². The van der Waals surface area contributed by atoms with Gasteiger partial charge >= 0.3 is 5.97 Å². The average molecular weight is 422 g/mol. The minimum atomic E-state index is -0.536. The molecule has 0 unspecified atom stereocenters. The summed E-state index contributed by atoms with van der Waals surface area (Å²) in [4.78, 5) is 28.7. The van der Waals surface area contributed by atoms with Crippen molar-refractivity contribution >= 4 is 23.4 Å². The van der Waals surface area contributed by atoms with E-state index in [1.807, 2.05) is 29.7 Å². The molecule has 0 radical (unpaired) electrons. The Labute approximate surface area is 179 Å². The number of carbonyl (C=O) groups is 2. The van der Waals surface area contributed by atoms with Crippen LogP contribution >= 0.6 is 11.6 Å². The maximum Gasteiger partial charge on any atom is 0.341 e. The standard InChI is InChI=1S/C23H20ClN3O3/c1-4-30-23(29)20-10-17(12-26-22(20)24)13-27-14(2)9-19(21(27)15(3)28)18-7-5-16(11-25)6-8-18/h5-10,12H,4,13H2,1-3H3. The number of hydrogen-bond donors (Lipinski definition) is 0. The number of ether oxygens (including phenoxy) is 1. The Morgan fingerprint density at radius 1 is 1.23 bits per heavy atom. The van der Waals surface area contributed by atoms with Crippen LogP contribution in [0.5, 0.6) is 0 Å². The first kappa shape index (κ1) is 21.3. The summed E-state index contributed by atoms with van der Waals surface area (Å²) in [5.74, 6) is -0.624. The van der Waals surface area contributed by atoms with Crippen LogP contribution in [0.2, 0.25) is 5.15 Å². The van der Waals surface area contributed by atoms with E-state index in [2.05, 4.69) is 11.1 Å². The number of hydrogen-bond acceptors (Lipinski definition) is 5. The van der Waals surface area contributed by atoms with Gasteiger partial charge in [-0.1, -0.05) is 23.7 Å². The minimum absolute atomic E-state index is 0.0755. The van der Waals surface area contributed by atoms with E-state index < -0.39 is 5.97 Å². The molecule has 0 aliphatic heterocycles. The number of nitrogens with zero attached hydrogens (tertiary/aromatic N) is 3. The number of pyridine rings is 1. The molecule has 0 fully saturated rings. The number of nitriles is 1. The fourth-order valence-corrected chi connectivity index (χ4v) is 3.50. The SMILES string of the molecule is CCOC(=O)c1cc(Cn2c(C)cc(-c3ccc(C#N)cc3)c2C(C)=O)cnc1Cl. The predicted molar refractivity (Wildman–Crippen MR) is 114 cm³/mol. The molecule has 0 N–H and O–H groups in total. The highest BCUT2D eigenvalue weighted by molar-refractivity contribution is 6.32. The normalized spacial score (nSPS) is 10.5. The monoisotopic (exact) mass is 421 g/mol. The summed E-state index contributed by atoms with van der Waals surface area (Å²) < 4.78 is 6.92. The van der Waals surface area contributed by atoms with Crippen molar-refractivity contribution in [2.45, 2.75) is 27.3 Å². The van der Waals surface area contributed by atoms with Gasteiger partial charge in [0.25, 0.3) is 0 Å². The lowest BCUT2D eigenvalue weighted by atomic mass is 10.0. The van der Waals surface area contributed by atoms with Crippen LogP contribution in [0, 0.1) is 18.3 Å². The molecule has 0 saturated heterocycles. The molecule has 0 saturated carbocycles. The van der Waals surface area contributed by atoms with Crippen molar-refractivity contribution < 1.29 is 14.3 Å². The maximum absolute atomic E-state index is 12.5. The van der Waals surface area contributed by atoms with Crippen molar-refractivity contribution in [3.8, 4) is 17.2 Å². The van der Waals surface area contributed by atoms with Gasteiger partial charge in [-0.25, -0.2) is 9.78 Å². The van der Waals surface area contributed by atoms with Crippen LogP contribution in [0.1, 0.15) is 51.5 Å². The molecule has 3 aromatic rings. The highest BCUT2D eigenvalue weighted by Gasteiger charge is 2.20. The van der Waals surface area contributed by atoms with Gasteiger partial charge < -0.3 is 9.30 Å². The van der Waals surface area contributed by atoms with E-state index in [0.29, 0.717) is 17.8 Å². The number of rotatable bonds is 6. The Balaban J connectivity index is 2.04. The molecule has 0 amide bonds. The van der Waals surface area contributed by atoms with E-state index in [0.717, 1.165) is 22.4 Å². The van der Waals surface area contributed by atoms with Gasteiger partial charge in [0.2, 0.25) is 0 Å². The number of benzene rings is 1. The molecule has 2 heterocycles. The van der Waals surface area contributed by atoms with Gasteiger partial charge in [0.05, 0.1) is 29.5 Å². The molecule has 30 heavy (non-hydrogen) atoms. The van der Waals surface area contributed by atoms with Crippen LogP contribution < -0.4 is 0 Å². The van der Waals surface area contributed by atoms with Crippen LogP contribution in [0.3, 0.4) is 0 Å². The smallest absolute Gasteiger partial charge is 0.341 e. The molecule has 0 bridgehead atoms. The summed E-state index contributed by atoms with van der Waals surface area (Å²) in [7, 11) is 0. The summed E-state index contributed by atoms with van der Waals surface area (Å²) in [6, 6.07) is 12.8. The highest BCUT2D eigenvalue weighted by atomic mass is 35.5. The Morgan fingerprint density at radius 3 is 2.53 bits per heavy atom. The van der Waals surface area contributed by atoms with Gasteiger partial charge in [0.15, 0.2) is 5.78 Å². The van der Waals surface area contributed by atoms with Crippen molar-refractivity contribution in [2.24, 2.45) is 0 Å². The molecule has 6 nitrogen and oxygen atoms in total. The zero-order valence-electron chi connectivity index (χ0n) is 16.9. The van der Waals surface area contributed by atoms with E-state index in [1.165, 1.54) is 6.92 Å². The molecule has 1 aromatic carbocycles. The molecule has 7 heteroatoms. The number of esters is 1. The number of carbonyl (C=O) groups excluding carboxylic acids is 2. The van der Waals surface area contributed by atoms with E-state index in [4.69, 9.17) is 21.6 Å². The summed E-state index contributed by atoms with van der Waals surface area (Å²) in [6.07, 6.45) is 1.58. The van der Waals surface area contributed by atoms with E-state index in [1.54, 1.807) is 31.3 Å². The fourth-order valence-electron chi connectivity index (χ4n) is 3.32. The minimum Gasteiger partial charge on any atom is -0.462 e. The van der Waals surface area contributed by atoms with Gasteiger partial charge in [-0.05, 0) is 49.2 Å². The zero-order valence-corrected chi connectivity index (χ0v) is 17.7. The fraction of sp³-hybridized carbons (Fsp3) is 0.217. The summed E-state index contributed by atoms with van der Waals surface area (Å²) in [6.45, 7) is 5.72. The van der Waals surface area contributed by atoms with Crippen molar-refractivity contribution in [3.05, 3.63) is 75.8 Å². The van der Waals surface area contributed by atoms with Crippen LogP contribution in [0.4, 0.5) is 0 Å². The molecular formula is C23H20ClN3O3. The molecule has 0 aliphatic rings. The molecular weight excluding hydrogens is 402 g/mol. The number of halogens is 1. The molecule has 0 atom stereocenters.